The van der Waals surface area contributed by atoms with Crippen LogP contribution in [0.1, 0.15) is 45.7 Å². The average molecular weight is 303 g/mol. The number of aromatic nitrogens is 2. The van der Waals surface area contributed by atoms with Gasteiger partial charge in [0.1, 0.15) is 6.10 Å². The van der Waals surface area contributed by atoms with Gasteiger partial charge < -0.3 is 10.5 Å². The first kappa shape index (κ1) is 15.9. The number of rotatable bonds is 2. The van der Waals surface area contributed by atoms with Gasteiger partial charge in [-0.05, 0) is 30.6 Å². The fourth-order valence-electron chi connectivity index (χ4n) is 3.17. The number of ether oxygens (including phenoxy) is 1. The molecule has 2 rings (SSSR count). The topological polar surface area (TPSA) is 61.0 Å². The summed E-state index contributed by atoms with van der Waals surface area (Å²) in [6.45, 7) is 6.38. The Kier molecular flexibility index (Phi) is 4.04. The van der Waals surface area contributed by atoms with Gasteiger partial charge in [-0.1, -0.05) is 20.8 Å². The van der Waals surface area contributed by atoms with E-state index in [-0.39, 0.29) is 17.4 Å². The van der Waals surface area contributed by atoms with Crippen molar-refractivity contribution in [3.05, 3.63) is 11.8 Å². The van der Waals surface area contributed by atoms with Crippen molar-refractivity contribution in [2.24, 2.45) is 11.3 Å². The number of nitrogen functional groups attached to an aromatic ring is 1. The zero-order valence-corrected chi connectivity index (χ0v) is 12.4. The van der Waals surface area contributed by atoms with Crippen LogP contribution in [-0.4, -0.2) is 16.1 Å². The fraction of sp³-hybridized carbons (Fsp3) is 0.714. The summed E-state index contributed by atoms with van der Waals surface area (Å²) in [4.78, 5) is 6.96. The molecule has 7 heteroatoms. The van der Waals surface area contributed by atoms with Crippen molar-refractivity contribution in [2.45, 2.75) is 52.3 Å². The van der Waals surface area contributed by atoms with Crippen LogP contribution in [0.3, 0.4) is 0 Å². The van der Waals surface area contributed by atoms with Crippen molar-refractivity contribution in [1.29, 1.82) is 0 Å². The third-order valence-electron chi connectivity index (χ3n) is 3.64. The van der Waals surface area contributed by atoms with Gasteiger partial charge in [-0.15, -0.1) is 0 Å². The van der Waals surface area contributed by atoms with Crippen LogP contribution in [0.15, 0.2) is 6.07 Å². The number of hydrogen-bond donors (Lipinski definition) is 1. The average Bonchev–Trinajstić information content (AvgIpc) is 2.23. The molecule has 0 bridgehead atoms. The molecular formula is C14H20F3N3O. The lowest BCUT2D eigenvalue weighted by Gasteiger charge is -2.38. The van der Waals surface area contributed by atoms with Crippen molar-refractivity contribution >= 4 is 5.95 Å². The SMILES string of the molecule is CC1CC(Oc2cc(C(F)(F)F)nc(N)n2)CC(C)(C)C1. The van der Waals surface area contributed by atoms with Gasteiger partial charge in [0.05, 0.1) is 0 Å². The maximum Gasteiger partial charge on any atom is 0.433 e. The minimum absolute atomic E-state index is 0.105. The molecule has 1 saturated carbocycles. The Labute approximate surface area is 121 Å². The maximum atomic E-state index is 12.7. The summed E-state index contributed by atoms with van der Waals surface area (Å²) in [6.07, 6.45) is -2.06. The Morgan fingerprint density at radius 1 is 1.29 bits per heavy atom. The van der Waals surface area contributed by atoms with Gasteiger partial charge in [0.2, 0.25) is 11.8 Å². The fourth-order valence-corrected chi connectivity index (χ4v) is 3.17. The molecule has 1 fully saturated rings. The largest absolute Gasteiger partial charge is 0.474 e. The highest BCUT2D eigenvalue weighted by molar-refractivity contribution is 5.27. The van der Waals surface area contributed by atoms with Crippen molar-refractivity contribution in [1.82, 2.24) is 9.97 Å². The molecular weight excluding hydrogens is 283 g/mol. The van der Waals surface area contributed by atoms with Crippen molar-refractivity contribution in [2.75, 3.05) is 5.73 Å². The maximum absolute atomic E-state index is 12.7. The van der Waals surface area contributed by atoms with E-state index in [0.29, 0.717) is 5.92 Å². The highest BCUT2D eigenvalue weighted by atomic mass is 19.4. The number of alkyl halides is 3. The molecule has 21 heavy (non-hydrogen) atoms. The van der Waals surface area contributed by atoms with Crippen molar-refractivity contribution < 1.29 is 17.9 Å². The van der Waals surface area contributed by atoms with E-state index in [1.165, 1.54) is 0 Å². The van der Waals surface area contributed by atoms with Crippen molar-refractivity contribution in [3.63, 3.8) is 0 Å². The van der Waals surface area contributed by atoms with E-state index in [0.717, 1.165) is 25.3 Å². The van der Waals surface area contributed by atoms with Crippen LogP contribution in [-0.2, 0) is 6.18 Å². The first-order valence-corrected chi connectivity index (χ1v) is 6.93. The van der Waals surface area contributed by atoms with Gasteiger partial charge in [0.15, 0.2) is 5.69 Å². The second kappa shape index (κ2) is 5.35. The monoisotopic (exact) mass is 303 g/mol. The number of anilines is 1. The van der Waals surface area contributed by atoms with Crippen LogP contribution >= 0.6 is 0 Å². The second-order valence-electron chi connectivity index (χ2n) is 6.60. The minimum Gasteiger partial charge on any atom is -0.474 e. The predicted molar refractivity (Wildman–Crippen MR) is 72.7 cm³/mol. The molecule has 2 atom stereocenters. The van der Waals surface area contributed by atoms with Crippen LogP contribution < -0.4 is 10.5 Å². The summed E-state index contributed by atoms with van der Waals surface area (Å²) in [5, 5.41) is 0. The molecule has 0 saturated heterocycles. The summed E-state index contributed by atoms with van der Waals surface area (Å²) in [5.74, 6) is -0.0762. The number of nitrogens with two attached hydrogens (primary N) is 1. The number of nitrogens with zero attached hydrogens (tertiary/aromatic N) is 2. The molecule has 0 aliphatic heterocycles. The minimum atomic E-state index is -4.56. The molecule has 1 aromatic heterocycles. The zero-order chi connectivity index (χ0) is 15.8. The highest BCUT2D eigenvalue weighted by Crippen LogP contribution is 2.40. The smallest absolute Gasteiger partial charge is 0.433 e. The van der Waals surface area contributed by atoms with Crippen LogP contribution in [0.2, 0.25) is 0 Å². The van der Waals surface area contributed by atoms with E-state index < -0.39 is 17.8 Å². The molecule has 0 amide bonds. The van der Waals surface area contributed by atoms with Gasteiger partial charge in [-0.3, -0.25) is 0 Å². The molecule has 0 radical (unpaired) electrons. The quantitative estimate of drug-likeness (QED) is 0.905. The molecule has 2 N–H and O–H groups in total. The molecule has 0 aromatic carbocycles. The summed E-state index contributed by atoms with van der Waals surface area (Å²) in [6, 6.07) is 0.808. The standard InChI is InChI=1S/C14H20F3N3O/c1-8-4-9(7-13(2,3)6-8)21-11-5-10(14(15,16)17)19-12(18)20-11/h5,8-9H,4,6-7H2,1-3H3,(H2,18,19,20). The van der Waals surface area contributed by atoms with E-state index in [9.17, 15) is 13.2 Å². The van der Waals surface area contributed by atoms with E-state index in [2.05, 4.69) is 30.7 Å². The van der Waals surface area contributed by atoms with Gasteiger partial charge >= 0.3 is 6.18 Å². The van der Waals surface area contributed by atoms with Crippen molar-refractivity contribution in [3.8, 4) is 5.88 Å². The van der Waals surface area contributed by atoms with E-state index >= 15 is 0 Å². The molecule has 1 aliphatic carbocycles. The Bertz CT molecular complexity index is 517. The molecule has 0 spiro atoms. The van der Waals surface area contributed by atoms with Gasteiger partial charge in [-0.2, -0.15) is 18.2 Å². The Morgan fingerprint density at radius 3 is 2.52 bits per heavy atom. The predicted octanol–water partition coefficient (Wildman–Crippen LogP) is 3.67. The molecule has 118 valence electrons. The van der Waals surface area contributed by atoms with Crippen LogP contribution in [0.4, 0.5) is 19.1 Å². The zero-order valence-electron chi connectivity index (χ0n) is 12.4. The van der Waals surface area contributed by atoms with Crippen LogP contribution in [0.25, 0.3) is 0 Å². The van der Waals surface area contributed by atoms with Gasteiger partial charge in [0, 0.05) is 6.07 Å². The third-order valence-corrected chi connectivity index (χ3v) is 3.64. The Balaban J connectivity index is 2.18. The summed E-state index contributed by atoms with van der Waals surface area (Å²) in [5.41, 5.74) is 4.37. The molecule has 4 nitrogen and oxygen atoms in total. The van der Waals surface area contributed by atoms with Gasteiger partial charge in [-0.25, -0.2) is 4.98 Å². The third kappa shape index (κ3) is 4.22. The lowest BCUT2D eigenvalue weighted by molar-refractivity contribution is -0.141. The summed E-state index contributed by atoms with van der Waals surface area (Å²) >= 11 is 0. The van der Waals surface area contributed by atoms with E-state index in [1.807, 2.05) is 0 Å². The molecule has 1 aromatic rings. The Hall–Kier alpha value is -1.53. The molecule has 1 aliphatic rings. The number of halogens is 3. The van der Waals surface area contributed by atoms with Gasteiger partial charge in [0.25, 0.3) is 0 Å². The lowest BCUT2D eigenvalue weighted by atomic mass is 9.71. The highest BCUT2D eigenvalue weighted by Gasteiger charge is 2.36. The number of hydrogen-bond acceptors (Lipinski definition) is 4. The summed E-state index contributed by atoms with van der Waals surface area (Å²) < 4.78 is 43.8. The molecule has 2 unspecified atom stereocenters. The first-order chi connectivity index (χ1) is 9.55. The van der Waals surface area contributed by atoms with Crippen LogP contribution in [0.5, 0.6) is 5.88 Å². The first-order valence-electron chi connectivity index (χ1n) is 6.93. The summed E-state index contributed by atoms with van der Waals surface area (Å²) in [7, 11) is 0. The second-order valence-corrected chi connectivity index (χ2v) is 6.60. The lowest BCUT2D eigenvalue weighted by Crippen LogP contribution is -2.34. The Morgan fingerprint density at radius 2 is 1.95 bits per heavy atom. The molecule has 1 heterocycles. The van der Waals surface area contributed by atoms with E-state index in [4.69, 9.17) is 10.5 Å². The van der Waals surface area contributed by atoms with Crippen LogP contribution in [0, 0.1) is 11.3 Å². The normalized spacial score (nSPS) is 25.6. The van der Waals surface area contributed by atoms with E-state index in [1.54, 1.807) is 0 Å².